The molecule has 0 spiro atoms. The van der Waals surface area contributed by atoms with Gasteiger partial charge < -0.3 is 69.6 Å². The molecule has 1 heterocycles. The lowest BCUT2D eigenvalue weighted by atomic mass is 10.9. The van der Waals surface area contributed by atoms with E-state index in [-0.39, 0.29) is 0 Å². The molecule has 0 aliphatic carbocycles. The van der Waals surface area contributed by atoms with E-state index in [4.69, 9.17) is 69.6 Å². The van der Waals surface area contributed by atoms with E-state index in [1.807, 2.05) is 83.1 Å². The quantitative estimate of drug-likeness (QED) is 0.0548. The summed E-state index contributed by atoms with van der Waals surface area (Å²) in [6, 6.07) is 5.79. The van der Waals surface area contributed by atoms with Crippen molar-refractivity contribution in [2.45, 2.75) is 184 Å². The van der Waals surface area contributed by atoms with Crippen LogP contribution in [0.2, 0.25) is 101 Å². The molecule has 0 radical (unpaired) electrons. The molecule has 1 aliphatic rings. The second-order valence-electron chi connectivity index (χ2n) is 17.3. The highest BCUT2D eigenvalue weighted by atomic mass is 28.5. The van der Waals surface area contributed by atoms with Crippen LogP contribution in [0.25, 0.3) is 0 Å². The minimum atomic E-state index is -3.19. The molecule has 0 unspecified atom stereocenters. The second kappa shape index (κ2) is 32.4. The van der Waals surface area contributed by atoms with E-state index in [0.717, 1.165) is 24.2 Å². The smallest absolute Gasteiger partial charge is 0.416 e. The maximum absolute atomic E-state index is 8.01. The molecule has 1 fully saturated rings. The predicted octanol–water partition coefficient (Wildman–Crippen LogP) is 10.5. The summed E-state index contributed by atoms with van der Waals surface area (Å²) >= 11 is 0. The van der Waals surface area contributed by atoms with E-state index in [1.54, 1.807) is 0 Å². The molecular formula is C40H100O16Si9. The van der Waals surface area contributed by atoms with Crippen molar-refractivity contribution >= 4 is 77.5 Å². The normalized spacial score (nSPS) is 17.9. The van der Waals surface area contributed by atoms with Gasteiger partial charge in [-0.2, -0.15) is 0 Å². The molecular weight excluding hydrogens is 989 g/mol. The highest BCUT2D eigenvalue weighted by molar-refractivity contribution is 6.95. The SMILES string of the molecule is CCO[Si](C)(CC[Si]1(CC[Si](C)(OCC)OCC)O[Si](C)(C)O[Si](C)(C)O[Si](CC[Si](C)(OCC)OCC)(CC[Si](C)(OCC)OCC)O1)OCC.CCO[Si](OCC)(OCC)OCC. The number of hydrogen-bond acceptors (Lipinski definition) is 16. The molecule has 25 heteroatoms. The standard InChI is InChI=1S/C32H80O12Si8.C8H20O4Si/c1-17-33-47(13,34-18-2)25-29-51(30-26-48(14,35-19-3)36-20-4)42-45(9,10)41-46(11,12)43-52(44-51,31-27-49(15,37-21-5)38-22-6)32-28-50(16,39-23-7)40-24-8;1-5-9-13(10-6-2,11-7-3)12-8-4/h17-32H2,1-16H3;5-8H2,1-4H3. The van der Waals surface area contributed by atoms with Crippen LogP contribution < -0.4 is 0 Å². The van der Waals surface area contributed by atoms with E-state index in [1.165, 1.54) is 0 Å². The van der Waals surface area contributed by atoms with Crippen LogP contribution in [-0.4, -0.2) is 157 Å². The zero-order chi connectivity index (χ0) is 50.0. The Bertz CT molecular complexity index is 1050. The van der Waals surface area contributed by atoms with Crippen molar-refractivity contribution in [2.24, 2.45) is 0 Å². The molecule has 16 nitrogen and oxygen atoms in total. The molecule has 65 heavy (non-hydrogen) atoms. The van der Waals surface area contributed by atoms with Crippen LogP contribution in [0.1, 0.15) is 83.1 Å². The average molecular weight is 1090 g/mol. The van der Waals surface area contributed by atoms with Crippen LogP contribution in [-0.2, 0) is 69.6 Å². The Hall–Kier alpha value is 1.31. The fourth-order valence-corrected chi connectivity index (χ4v) is 50.6. The molecule has 0 aromatic heterocycles. The highest BCUT2D eigenvalue weighted by Crippen LogP contribution is 2.44. The van der Waals surface area contributed by atoms with E-state index < -0.39 is 77.5 Å². The lowest BCUT2D eigenvalue weighted by Crippen LogP contribution is -2.68. The highest BCUT2D eigenvalue weighted by Gasteiger charge is 2.60. The lowest BCUT2D eigenvalue weighted by Gasteiger charge is -2.52. The van der Waals surface area contributed by atoms with Crippen molar-refractivity contribution in [3.05, 3.63) is 0 Å². The van der Waals surface area contributed by atoms with Gasteiger partial charge >= 0.3 is 77.5 Å². The Kier molecular flexibility index (Phi) is 33.1. The predicted molar refractivity (Wildman–Crippen MR) is 281 cm³/mol. The Labute approximate surface area is 408 Å². The van der Waals surface area contributed by atoms with Gasteiger partial charge in [0.05, 0.1) is 0 Å². The first-order chi connectivity index (χ1) is 30.4. The summed E-state index contributed by atoms with van der Waals surface area (Å²) in [5, 5.41) is 0. The van der Waals surface area contributed by atoms with Gasteiger partial charge in [-0.15, -0.1) is 0 Å². The molecule has 0 saturated carbocycles. The minimum absolute atomic E-state index is 0.548. The number of rotatable bonds is 36. The van der Waals surface area contributed by atoms with Crippen LogP contribution in [0, 0.1) is 0 Å². The largest absolute Gasteiger partial charge is 0.679 e. The lowest BCUT2D eigenvalue weighted by molar-refractivity contribution is -0.0247. The van der Waals surface area contributed by atoms with Gasteiger partial charge in [0, 0.05) is 79.3 Å². The molecule has 0 aromatic carbocycles. The molecule has 1 rings (SSSR count). The van der Waals surface area contributed by atoms with Crippen LogP contribution in [0.15, 0.2) is 0 Å². The molecule has 392 valence electrons. The monoisotopic (exact) mass is 1090 g/mol. The Morgan fingerprint density at radius 3 is 0.631 bits per heavy atom. The summed E-state index contributed by atoms with van der Waals surface area (Å²) in [5.41, 5.74) is 0. The molecule has 0 atom stereocenters. The van der Waals surface area contributed by atoms with Gasteiger partial charge in [-0.1, -0.05) is 0 Å². The van der Waals surface area contributed by atoms with Crippen molar-refractivity contribution in [1.82, 2.24) is 0 Å². The van der Waals surface area contributed by atoms with Crippen molar-refractivity contribution in [3.8, 4) is 0 Å². The number of hydrogen-bond donors (Lipinski definition) is 0. The zero-order valence-electron chi connectivity index (χ0n) is 45.2. The van der Waals surface area contributed by atoms with E-state index in [9.17, 15) is 0 Å². The maximum atomic E-state index is 8.01. The van der Waals surface area contributed by atoms with Crippen molar-refractivity contribution in [3.63, 3.8) is 0 Å². The molecule has 0 N–H and O–H groups in total. The van der Waals surface area contributed by atoms with Crippen LogP contribution in [0.5, 0.6) is 0 Å². The van der Waals surface area contributed by atoms with Gasteiger partial charge in [-0.3, -0.25) is 0 Å². The molecule has 0 bridgehead atoms. The van der Waals surface area contributed by atoms with Crippen LogP contribution in [0.3, 0.4) is 0 Å². The molecule has 0 aromatic rings. The van der Waals surface area contributed by atoms with Crippen LogP contribution in [0.4, 0.5) is 0 Å². The van der Waals surface area contributed by atoms with Gasteiger partial charge in [-0.25, -0.2) is 0 Å². The zero-order valence-corrected chi connectivity index (χ0v) is 54.2. The second-order valence-corrected chi connectivity index (χ2v) is 47.3. The third-order valence-electron chi connectivity index (χ3n) is 10.4. The molecule has 0 amide bonds. The van der Waals surface area contributed by atoms with E-state index in [2.05, 4.69) is 52.4 Å². The van der Waals surface area contributed by atoms with Gasteiger partial charge in [0.25, 0.3) is 0 Å². The van der Waals surface area contributed by atoms with Crippen molar-refractivity contribution in [1.29, 1.82) is 0 Å². The van der Waals surface area contributed by atoms with Gasteiger partial charge in [0.15, 0.2) is 0 Å². The summed E-state index contributed by atoms with van der Waals surface area (Å²) in [6.07, 6.45) is 0. The van der Waals surface area contributed by atoms with Gasteiger partial charge in [0.2, 0.25) is 0 Å². The van der Waals surface area contributed by atoms with Gasteiger partial charge in [-0.05, 0) is 184 Å². The summed E-state index contributed by atoms with van der Waals surface area (Å²) in [6.45, 7) is 48.2. The third kappa shape index (κ3) is 25.5. The molecule has 1 saturated heterocycles. The topological polar surface area (TPSA) is 148 Å². The van der Waals surface area contributed by atoms with Gasteiger partial charge in [0.1, 0.15) is 0 Å². The molecule has 1 aliphatic heterocycles. The average Bonchev–Trinajstić information content (AvgIpc) is 3.18. The summed E-state index contributed by atoms with van der Waals surface area (Å²) in [5.74, 6) is 0. The fourth-order valence-electron chi connectivity index (χ4n) is 8.38. The summed E-state index contributed by atoms with van der Waals surface area (Å²) < 4.78 is 103. The van der Waals surface area contributed by atoms with E-state index >= 15 is 0 Å². The third-order valence-corrected chi connectivity index (χ3v) is 44.7. The first-order valence-corrected chi connectivity index (χ1v) is 46.7. The summed E-state index contributed by atoms with van der Waals surface area (Å²) in [4.78, 5) is 0. The summed E-state index contributed by atoms with van der Waals surface area (Å²) in [7, 11) is -24.9. The Balaban J connectivity index is 0.00000271. The first-order valence-electron chi connectivity index (χ1n) is 24.9. The van der Waals surface area contributed by atoms with Crippen molar-refractivity contribution in [2.75, 3.05) is 79.3 Å². The Morgan fingerprint density at radius 2 is 0.462 bits per heavy atom. The van der Waals surface area contributed by atoms with Crippen LogP contribution >= 0.6 is 0 Å². The van der Waals surface area contributed by atoms with E-state index in [0.29, 0.717) is 103 Å². The van der Waals surface area contributed by atoms with Crippen molar-refractivity contribution < 1.29 is 69.6 Å². The maximum Gasteiger partial charge on any atom is 0.679 e. The Morgan fingerprint density at radius 1 is 0.277 bits per heavy atom. The first kappa shape index (κ1) is 66.3. The fraction of sp³-hybridized carbons (Fsp3) is 1.00. The minimum Gasteiger partial charge on any atom is -0.416 e.